The Kier molecular flexibility index (Phi) is 5.47. The molecule has 26 heavy (non-hydrogen) atoms. The minimum Gasteiger partial charge on any atom is -0.207 e. The summed E-state index contributed by atoms with van der Waals surface area (Å²) in [7, 11) is -3.69. The Balaban J connectivity index is 2.03. The topological polar surface area (TPSA) is 46.2 Å². The highest BCUT2D eigenvalue weighted by Gasteiger charge is 2.23. The second-order valence-electron chi connectivity index (χ2n) is 6.33. The summed E-state index contributed by atoms with van der Waals surface area (Å²) in [5, 5.41) is 0.564. The molecule has 0 unspecified atom stereocenters. The van der Waals surface area contributed by atoms with E-state index in [2.05, 4.69) is 4.72 Å². The molecule has 3 aromatic carbocycles. The van der Waals surface area contributed by atoms with E-state index in [4.69, 9.17) is 11.6 Å². The van der Waals surface area contributed by atoms with Gasteiger partial charge in [-0.2, -0.15) is 4.72 Å². The molecule has 0 saturated heterocycles. The van der Waals surface area contributed by atoms with Crippen molar-refractivity contribution < 1.29 is 8.42 Å². The summed E-state index contributed by atoms with van der Waals surface area (Å²) in [4.78, 5) is 0.238. The van der Waals surface area contributed by atoms with Crippen LogP contribution in [0.3, 0.4) is 0 Å². The van der Waals surface area contributed by atoms with Crippen LogP contribution in [0.15, 0.2) is 77.7 Å². The largest absolute Gasteiger partial charge is 0.241 e. The van der Waals surface area contributed by atoms with Crippen LogP contribution in [-0.4, -0.2) is 8.42 Å². The average Bonchev–Trinajstić information content (AvgIpc) is 2.61. The van der Waals surface area contributed by atoms with Gasteiger partial charge < -0.3 is 0 Å². The molecule has 0 radical (unpaired) electrons. The zero-order valence-corrected chi connectivity index (χ0v) is 16.2. The maximum atomic E-state index is 12.9. The Morgan fingerprint density at radius 2 is 1.38 bits per heavy atom. The van der Waals surface area contributed by atoms with Crippen molar-refractivity contribution in [2.75, 3.05) is 0 Å². The number of nitrogens with one attached hydrogen (secondary N) is 1. The van der Waals surface area contributed by atoms with Crippen LogP contribution in [0.2, 0.25) is 5.02 Å². The number of sulfonamides is 1. The molecular formula is C21H20ClNO2S. The molecule has 0 aliphatic heterocycles. The summed E-state index contributed by atoms with van der Waals surface area (Å²) in [5.41, 5.74) is 3.76. The summed E-state index contributed by atoms with van der Waals surface area (Å²) < 4.78 is 28.6. The Morgan fingerprint density at radius 1 is 0.808 bits per heavy atom. The van der Waals surface area contributed by atoms with Crippen LogP contribution in [0.1, 0.15) is 28.3 Å². The quantitative estimate of drug-likeness (QED) is 0.669. The molecule has 0 aliphatic rings. The van der Waals surface area contributed by atoms with Gasteiger partial charge in [0.05, 0.1) is 10.9 Å². The van der Waals surface area contributed by atoms with Crippen LogP contribution in [0.25, 0.3) is 0 Å². The SMILES string of the molecule is Cc1ccc([C@H](NS(=O)(=O)c2ccc(C)cc2)c2cccc(Cl)c2)cc1. The van der Waals surface area contributed by atoms with Crippen LogP contribution in [0.4, 0.5) is 0 Å². The lowest BCUT2D eigenvalue weighted by atomic mass is 9.99. The minimum atomic E-state index is -3.69. The van der Waals surface area contributed by atoms with Crippen molar-refractivity contribution in [3.8, 4) is 0 Å². The van der Waals surface area contributed by atoms with Crippen molar-refractivity contribution in [2.24, 2.45) is 0 Å². The molecule has 5 heteroatoms. The molecule has 0 amide bonds. The van der Waals surface area contributed by atoms with Crippen molar-refractivity contribution in [1.29, 1.82) is 0 Å². The first-order valence-corrected chi connectivity index (χ1v) is 10.1. The number of aryl methyl sites for hydroxylation is 2. The molecule has 0 heterocycles. The normalized spacial score (nSPS) is 12.7. The molecule has 0 aliphatic carbocycles. The Hall–Kier alpha value is -2.14. The lowest BCUT2D eigenvalue weighted by Gasteiger charge is -2.20. The molecule has 0 saturated carbocycles. The smallest absolute Gasteiger partial charge is 0.207 e. The molecule has 0 aromatic heterocycles. The molecule has 3 aromatic rings. The number of rotatable bonds is 5. The first-order valence-electron chi connectivity index (χ1n) is 8.26. The molecule has 0 fully saturated rings. The second kappa shape index (κ2) is 7.62. The van der Waals surface area contributed by atoms with Gasteiger partial charge >= 0.3 is 0 Å². The molecule has 1 atom stereocenters. The first kappa shape index (κ1) is 18.6. The van der Waals surface area contributed by atoms with E-state index >= 15 is 0 Å². The van der Waals surface area contributed by atoms with Gasteiger partial charge in [-0.15, -0.1) is 0 Å². The molecule has 0 spiro atoms. The van der Waals surface area contributed by atoms with Crippen molar-refractivity contribution in [2.45, 2.75) is 24.8 Å². The molecule has 134 valence electrons. The second-order valence-corrected chi connectivity index (χ2v) is 8.48. The third-order valence-electron chi connectivity index (χ3n) is 4.20. The summed E-state index contributed by atoms with van der Waals surface area (Å²) >= 11 is 6.13. The lowest BCUT2D eigenvalue weighted by Crippen LogP contribution is -2.29. The number of halogens is 1. The van der Waals surface area contributed by atoms with Gasteiger partial charge in [0.25, 0.3) is 0 Å². The monoisotopic (exact) mass is 385 g/mol. The number of benzene rings is 3. The molecule has 3 nitrogen and oxygen atoms in total. The zero-order valence-electron chi connectivity index (χ0n) is 14.6. The van der Waals surface area contributed by atoms with Gasteiger partial charge in [0.1, 0.15) is 0 Å². The van der Waals surface area contributed by atoms with Crippen LogP contribution < -0.4 is 4.72 Å². The van der Waals surface area contributed by atoms with Gasteiger partial charge in [-0.25, -0.2) is 8.42 Å². The van der Waals surface area contributed by atoms with Gasteiger partial charge in [0.15, 0.2) is 0 Å². The highest BCUT2D eigenvalue weighted by molar-refractivity contribution is 7.89. The summed E-state index contributed by atoms with van der Waals surface area (Å²) in [5.74, 6) is 0. The van der Waals surface area contributed by atoms with Gasteiger partial charge in [-0.3, -0.25) is 0 Å². The molecular weight excluding hydrogens is 366 g/mol. The van der Waals surface area contributed by atoms with Gasteiger partial charge in [0.2, 0.25) is 10.0 Å². The van der Waals surface area contributed by atoms with Gasteiger partial charge in [-0.05, 0) is 49.2 Å². The molecule has 1 N–H and O–H groups in total. The first-order chi connectivity index (χ1) is 12.3. The number of hydrogen-bond donors (Lipinski definition) is 1. The van der Waals surface area contributed by atoms with E-state index in [1.807, 2.05) is 50.2 Å². The van der Waals surface area contributed by atoms with Crippen LogP contribution in [0.5, 0.6) is 0 Å². The summed E-state index contributed by atoms with van der Waals surface area (Å²) in [6, 6.07) is 21.3. The summed E-state index contributed by atoms with van der Waals surface area (Å²) in [6.07, 6.45) is 0. The zero-order chi connectivity index (χ0) is 18.7. The summed E-state index contributed by atoms with van der Waals surface area (Å²) in [6.45, 7) is 3.92. The lowest BCUT2D eigenvalue weighted by molar-refractivity contribution is 0.572. The van der Waals surface area contributed by atoms with Crippen molar-refractivity contribution >= 4 is 21.6 Å². The standard InChI is InChI=1S/C21H20ClNO2S/c1-15-6-10-17(11-7-15)21(18-4-3-5-19(22)14-18)23-26(24,25)20-12-8-16(2)9-13-20/h3-14,21,23H,1-2H3/t21-/m0/s1. The van der Waals surface area contributed by atoms with E-state index in [1.54, 1.807) is 36.4 Å². The van der Waals surface area contributed by atoms with E-state index in [0.29, 0.717) is 5.02 Å². The van der Waals surface area contributed by atoms with Crippen LogP contribution in [-0.2, 0) is 10.0 Å². The highest BCUT2D eigenvalue weighted by atomic mass is 35.5. The van der Waals surface area contributed by atoms with Crippen molar-refractivity contribution in [3.63, 3.8) is 0 Å². The van der Waals surface area contributed by atoms with Crippen LogP contribution in [0, 0.1) is 13.8 Å². The van der Waals surface area contributed by atoms with E-state index in [-0.39, 0.29) is 4.90 Å². The molecule has 3 rings (SSSR count). The van der Waals surface area contributed by atoms with E-state index in [0.717, 1.165) is 22.3 Å². The van der Waals surface area contributed by atoms with Crippen molar-refractivity contribution in [1.82, 2.24) is 4.72 Å². The number of hydrogen-bond acceptors (Lipinski definition) is 2. The Labute approximate surface area is 159 Å². The fraction of sp³-hybridized carbons (Fsp3) is 0.143. The van der Waals surface area contributed by atoms with E-state index < -0.39 is 16.1 Å². The predicted molar refractivity (Wildman–Crippen MR) is 106 cm³/mol. The fourth-order valence-electron chi connectivity index (χ4n) is 2.71. The Morgan fingerprint density at radius 3 is 1.96 bits per heavy atom. The van der Waals surface area contributed by atoms with Crippen molar-refractivity contribution in [3.05, 3.63) is 100 Å². The molecule has 0 bridgehead atoms. The predicted octanol–water partition coefficient (Wildman–Crippen LogP) is 5.02. The maximum Gasteiger partial charge on any atom is 0.241 e. The van der Waals surface area contributed by atoms with Gasteiger partial charge in [-0.1, -0.05) is 71.3 Å². The van der Waals surface area contributed by atoms with Gasteiger partial charge in [0, 0.05) is 5.02 Å². The van der Waals surface area contributed by atoms with E-state index in [1.165, 1.54) is 0 Å². The minimum absolute atomic E-state index is 0.238. The Bertz CT molecular complexity index is 997. The maximum absolute atomic E-state index is 12.9. The highest BCUT2D eigenvalue weighted by Crippen LogP contribution is 2.27. The van der Waals surface area contributed by atoms with E-state index in [9.17, 15) is 8.42 Å². The third-order valence-corrected chi connectivity index (χ3v) is 5.87. The average molecular weight is 386 g/mol. The fourth-order valence-corrected chi connectivity index (χ4v) is 4.13. The van der Waals surface area contributed by atoms with Crippen LogP contribution >= 0.6 is 11.6 Å². The third kappa shape index (κ3) is 4.33.